The first-order chi connectivity index (χ1) is 12.6. The van der Waals surface area contributed by atoms with Crippen molar-refractivity contribution in [2.45, 2.75) is 31.8 Å². The fourth-order valence-electron chi connectivity index (χ4n) is 4.07. The quantitative estimate of drug-likeness (QED) is 0.629. The maximum Gasteiger partial charge on any atom is 0.255 e. The molecule has 3 aromatic rings. The number of aryl methyl sites for hydroxylation is 1. The molecular weight excluding hydrogens is 364 g/mol. The van der Waals surface area contributed by atoms with E-state index in [1.807, 2.05) is 31.3 Å². The largest absolute Gasteiger partial charge is 0.351 e. The van der Waals surface area contributed by atoms with Crippen LogP contribution in [0.2, 0.25) is 0 Å². The number of nitrogens with zero attached hydrogens (tertiary/aromatic N) is 3. The third kappa shape index (κ3) is 2.53. The zero-order chi connectivity index (χ0) is 17.9. The zero-order valence-electron chi connectivity index (χ0n) is 15.2. The van der Waals surface area contributed by atoms with Gasteiger partial charge in [0.25, 0.3) is 5.91 Å². The summed E-state index contributed by atoms with van der Waals surface area (Å²) in [4.78, 5) is 26.6. The van der Waals surface area contributed by atoms with Crippen LogP contribution in [-0.4, -0.2) is 33.6 Å². The van der Waals surface area contributed by atoms with Crippen molar-refractivity contribution in [2.24, 2.45) is 0 Å². The van der Waals surface area contributed by atoms with E-state index in [1.54, 1.807) is 0 Å². The number of aromatic nitrogens is 3. The van der Waals surface area contributed by atoms with Gasteiger partial charge in [0.1, 0.15) is 23.5 Å². The third-order valence-electron chi connectivity index (χ3n) is 5.69. The van der Waals surface area contributed by atoms with E-state index in [0.29, 0.717) is 0 Å². The Morgan fingerprint density at radius 2 is 2.07 bits per heavy atom. The Morgan fingerprint density at radius 1 is 1.26 bits per heavy atom. The average Bonchev–Trinajstić information content (AvgIpc) is 3.06. The van der Waals surface area contributed by atoms with Crippen molar-refractivity contribution in [2.75, 3.05) is 17.3 Å². The number of hydrogen-bond acceptors (Lipinski definition) is 5. The Bertz CT molecular complexity index is 1040. The summed E-state index contributed by atoms with van der Waals surface area (Å²) in [5.41, 5.74) is 4.15. The van der Waals surface area contributed by atoms with E-state index in [4.69, 9.17) is 0 Å². The molecule has 1 spiro atoms. The van der Waals surface area contributed by atoms with E-state index < -0.39 is 0 Å². The van der Waals surface area contributed by atoms with Gasteiger partial charge in [-0.05, 0) is 49.9 Å². The molecule has 1 aromatic carbocycles. The summed E-state index contributed by atoms with van der Waals surface area (Å²) in [6.45, 7) is 1.97. The molecule has 2 aromatic heterocycles. The SMILES string of the molecule is Cc1cc(Nc2ncnc3[nH]ccc23)cc2c1C(=O)NC1(CCC1)N2C.Cl. The van der Waals surface area contributed by atoms with Crippen molar-refractivity contribution < 1.29 is 4.79 Å². The lowest BCUT2D eigenvalue weighted by molar-refractivity contribution is 0.0802. The molecule has 1 saturated carbocycles. The topological polar surface area (TPSA) is 85.9 Å². The summed E-state index contributed by atoms with van der Waals surface area (Å²) in [5, 5.41) is 7.54. The molecule has 0 atom stereocenters. The van der Waals surface area contributed by atoms with E-state index in [0.717, 1.165) is 58.6 Å². The van der Waals surface area contributed by atoms with Crippen molar-refractivity contribution >= 4 is 46.5 Å². The lowest BCUT2D eigenvalue weighted by atomic mass is 9.80. The first kappa shape index (κ1) is 17.6. The summed E-state index contributed by atoms with van der Waals surface area (Å²) in [7, 11) is 2.07. The zero-order valence-corrected chi connectivity index (χ0v) is 16.0. The van der Waals surface area contributed by atoms with Crippen LogP contribution in [0.5, 0.6) is 0 Å². The predicted molar refractivity (Wildman–Crippen MR) is 108 cm³/mol. The average molecular weight is 385 g/mol. The highest BCUT2D eigenvalue weighted by atomic mass is 35.5. The van der Waals surface area contributed by atoms with Crippen LogP contribution in [0.15, 0.2) is 30.7 Å². The molecule has 5 rings (SSSR count). The van der Waals surface area contributed by atoms with Gasteiger partial charge in [-0.2, -0.15) is 0 Å². The molecule has 3 N–H and O–H groups in total. The molecule has 1 amide bonds. The molecule has 27 heavy (non-hydrogen) atoms. The number of carbonyl (C=O) groups excluding carboxylic acids is 1. The van der Waals surface area contributed by atoms with E-state index in [-0.39, 0.29) is 24.0 Å². The van der Waals surface area contributed by atoms with Crippen LogP contribution in [0, 0.1) is 6.92 Å². The van der Waals surface area contributed by atoms with Crippen molar-refractivity contribution in [3.63, 3.8) is 0 Å². The number of aromatic amines is 1. The number of carbonyl (C=O) groups is 1. The van der Waals surface area contributed by atoms with E-state index in [1.165, 1.54) is 6.33 Å². The molecule has 140 valence electrons. The summed E-state index contributed by atoms with van der Waals surface area (Å²) < 4.78 is 0. The van der Waals surface area contributed by atoms with E-state index >= 15 is 0 Å². The minimum atomic E-state index is -0.224. The van der Waals surface area contributed by atoms with Gasteiger partial charge in [-0.15, -0.1) is 12.4 Å². The summed E-state index contributed by atoms with van der Waals surface area (Å²) in [6, 6.07) is 5.99. The van der Waals surface area contributed by atoms with Gasteiger partial charge in [-0.25, -0.2) is 9.97 Å². The van der Waals surface area contributed by atoms with Crippen LogP contribution >= 0.6 is 12.4 Å². The maximum absolute atomic E-state index is 12.7. The second-order valence-corrected chi connectivity index (χ2v) is 7.17. The maximum atomic E-state index is 12.7. The van der Waals surface area contributed by atoms with Gasteiger partial charge >= 0.3 is 0 Å². The number of nitrogens with one attached hydrogen (secondary N) is 3. The molecule has 0 radical (unpaired) electrons. The lowest BCUT2D eigenvalue weighted by Crippen LogP contribution is -2.66. The highest BCUT2D eigenvalue weighted by Crippen LogP contribution is 2.43. The van der Waals surface area contributed by atoms with Crippen LogP contribution in [0.25, 0.3) is 11.0 Å². The third-order valence-corrected chi connectivity index (χ3v) is 5.69. The number of benzene rings is 1. The molecule has 0 bridgehead atoms. The molecule has 1 aliphatic heterocycles. The molecule has 0 unspecified atom stereocenters. The second-order valence-electron chi connectivity index (χ2n) is 7.17. The number of fused-ring (bicyclic) bond motifs is 2. The normalized spacial score (nSPS) is 17.1. The van der Waals surface area contributed by atoms with Gasteiger partial charge in [0, 0.05) is 18.9 Å². The highest BCUT2D eigenvalue weighted by Gasteiger charge is 2.46. The minimum absolute atomic E-state index is 0. The first-order valence-electron chi connectivity index (χ1n) is 8.83. The molecule has 8 heteroatoms. The van der Waals surface area contributed by atoms with Crippen LogP contribution < -0.4 is 15.5 Å². The fourth-order valence-corrected chi connectivity index (χ4v) is 4.07. The molecular formula is C19H21ClN6O. The number of amides is 1. The fraction of sp³-hybridized carbons (Fsp3) is 0.316. The van der Waals surface area contributed by atoms with Crippen molar-refractivity contribution in [3.8, 4) is 0 Å². The molecule has 3 heterocycles. The minimum Gasteiger partial charge on any atom is -0.351 e. The summed E-state index contributed by atoms with van der Waals surface area (Å²) in [5.74, 6) is 0.772. The van der Waals surface area contributed by atoms with Gasteiger partial charge in [-0.1, -0.05) is 0 Å². The van der Waals surface area contributed by atoms with E-state index in [2.05, 4.69) is 37.5 Å². The molecule has 1 aliphatic carbocycles. The van der Waals surface area contributed by atoms with Crippen LogP contribution in [0.4, 0.5) is 17.2 Å². The van der Waals surface area contributed by atoms with Crippen LogP contribution in [0.1, 0.15) is 35.2 Å². The predicted octanol–water partition coefficient (Wildman–Crippen LogP) is 3.49. The highest BCUT2D eigenvalue weighted by molar-refractivity contribution is 6.05. The van der Waals surface area contributed by atoms with Gasteiger partial charge < -0.3 is 20.5 Å². The van der Waals surface area contributed by atoms with Gasteiger partial charge in [0.05, 0.1) is 16.6 Å². The number of anilines is 3. The van der Waals surface area contributed by atoms with Crippen molar-refractivity contribution in [1.29, 1.82) is 0 Å². The van der Waals surface area contributed by atoms with Gasteiger partial charge in [0.2, 0.25) is 0 Å². The second kappa shape index (κ2) is 6.13. The Balaban J connectivity index is 0.00000180. The molecule has 7 nitrogen and oxygen atoms in total. The summed E-state index contributed by atoms with van der Waals surface area (Å²) in [6.07, 6.45) is 6.50. The molecule has 0 saturated heterocycles. The Labute approximate surface area is 163 Å². The molecule has 2 aliphatic rings. The van der Waals surface area contributed by atoms with Crippen molar-refractivity contribution in [1.82, 2.24) is 20.3 Å². The Hall–Kier alpha value is -2.80. The molecule has 1 fully saturated rings. The lowest BCUT2D eigenvalue weighted by Gasteiger charge is -2.53. The van der Waals surface area contributed by atoms with Crippen molar-refractivity contribution in [3.05, 3.63) is 41.9 Å². The number of rotatable bonds is 2. The van der Waals surface area contributed by atoms with Crippen LogP contribution in [0.3, 0.4) is 0 Å². The van der Waals surface area contributed by atoms with Gasteiger partial charge in [0.15, 0.2) is 0 Å². The van der Waals surface area contributed by atoms with Crippen LogP contribution in [-0.2, 0) is 0 Å². The smallest absolute Gasteiger partial charge is 0.255 e. The van der Waals surface area contributed by atoms with E-state index in [9.17, 15) is 4.79 Å². The summed E-state index contributed by atoms with van der Waals surface area (Å²) >= 11 is 0. The standard InChI is InChI=1S/C19H20N6O.ClH/c1-11-8-12(23-17-13-4-7-20-16(13)21-10-22-17)9-14-15(11)18(26)24-19(25(14)2)5-3-6-19;/h4,7-10H,3,5-6H2,1-2H3,(H,24,26)(H2,20,21,22,23);1H. The number of halogens is 1. The Morgan fingerprint density at radius 3 is 2.81 bits per heavy atom. The Kier molecular flexibility index (Phi) is 3.99. The number of hydrogen-bond donors (Lipinski definition) is 3. The monoisotopic (exact) mass is 384 g/mol. The first-order valence-corrected chi connectivity index (χ1v) is 8.83. The van der Waals surface area contributed by atoms with Gasteiger partial charge in [-0.3, -0.25) is 4.79 Å². The number of H-pyrrole nitrogens is 1.